The maximum Gasteiger partial charge on any atom is 0.278 e. The summed E-state index contributed by atoms with van der Waals surface area (Å²) in [6.07, 6.45) is 5.38. The van der Waals surface area contributed by atoms with Gasteiger partial charge in [0.1, 0.15) is 11.2 Å². The third kappa shape index (κ3) is 4.49. The van der Waals surface area contributed by atoms with E-state index in [1.165, 1.54) is 4.57 Å². The molecule has 34 heavy (non-hydrogen) atoms. The van der Waals surface area contributed by atoms with Gasteiger partial charge in [-0.2, -0.15) is 0 Å². The minimum atomic E-state index is -0.273. The Hall–Kier alpha value is -4.17. The van der Waals surface area contributed by atoms with Crippen LogP contribution in [0.4, 0.5) is 5.69 Å². The average molecular weight is 512 g/mol. The Morgan fingerprint density at radius 2 is 1.82 bits per heavy atom. The van der Waals surface area contributed by atoms with Gasteiger partial charge in [0.25, 0.3) is 11.5 Å². The van der Waals surface area contributed by atoms with Gasteiger partial charge in [-0.3, -0.25) is 19.1 Å². The predicted octanol–water partition coefficient (Wildman–Crippen LogP) is 4.78. The molecule has 0 fully saturated rings. The molecule has 166 valence electrons. The molecule has 0 bridgehead atoms. The standard InChI is InChI=1S/C26H18BrN5O2/c27-19-7-1-6-18(14-19)25(33)30-20-8-2-9-21(15-20)32-24-22(10-4-12-29-24)31-23(26(32)34)13-17-5-3-11-28-16-17/h1-12,14-16H,13H2,(H,30,33). The Morgan fingerprint density at radius 3 is 2.65 bits per heavy atom. The fraction of sp³-hybridized carbons (Fsp3) is 0.0385. The number of nitrogens with zero attached hydrogens (tertiary/aromatic N) is 4. The van der Waals surface area contributed by atoms with Gasteiger partial charge in [-0.15, -0.1) is 0 Å². The van der Waals surface area contributed by atoms with Gasteiger partial charge in [0.2, 0.25) is 0 Å². The number of hydrogen-bond acceptors (Lipinski definition) is 5. The number of amides is 1. The highest BCUT2D eigenvalue weighted by molar-refractivity contribution is 9.10. The minimum Gasteiger partial charge on any atom is -0.322 e. The highest BCUT2D eigenvalue weighted by Gasteiger charge is 2.15. The molecule has 5 aromatic rings. The van der Waals surface area contributed by atoms with Gasteiger partial charge in [-0.25, -0.2) is 9.97 Å². The van der Waals surface area contributed by atoms with Crippen molar-refractivity contribution in [3.63, 3.8) is 0 Å². The second-order valence-corrected chi connectivity index (χ2v) is 8.51. The van der Waals surface area contributed by atoms with E-state index in [-0.39, 0.29) is 11.5 Å². The van der Waals surface area contributed by atoms with E-state index in [1.807, 2.05) is 24.3 Å². The van der Waals surface area contributed by atoms with Gasteiger partial charge < -0.3 is 5.32 Å². The van der Waals surface area contributed by atoms with Crippen LogP contribution in [0.25, 0.3) is 16.9 Å². The fourth-order valence-corrected chi connectivity index (χ4v) is 4.07. The predicted molar refractivity (Wildman–Crippen MR) is 134 cm³/mol. The molecule has 5 rings (SSSR count). The van der Waals surface area contributed by atoms with Crippen molar-refractivity contribution in [1.82, 2.24) is 19.5 Å². The molecule has 0 saturated carbocycles. The van der Waals surface area contributed by atoms with Crippen LogP contribution in [0, 0.1) is 0 Å². The van der Waals surface area contributed by atoms with Gasteiger partial charge in [0, 0.05) is 40.7 Å². The van der Waals surface area contributed by atoms with Gasteiger partial charge in [-0.1, -0.05) is 34.1 Å². The first-order valence-electron chi connectivity index (χ1n) is 10.5. The Kier molecular flexibility index (Phi) is 5.97. The van der Waals surface area contributed by atoms with E-state index in [1.54, 1.807) is 67.1 Å². The van der Waals surface area contributed by atoms with Crippen LogP contribution in [-0.2, 0) is 6.42 Å². The first-order valence-corrected chi connectivity index (χ1v) is 11.3. The zero-order chi connectivity index (χ0) is 23.5. The molecule has 8 heteroatoms. The Balaban J connectivity index is 1.57. The second kappa shape index (κ2) is 9.36. The molecule has 0 unspecified atom stereocenters. The molecule has 0 atom stereocenters. The number of nitrogens with one attached hydrogen (secondary N) is 1. The molecule has 0 aliphatic rings. The summed E-state index contributed by atoms with van der Waals surface area (Å²) >= 11 is 3.38. The van der Waals surface area contributed by atoms with Gasteiger partial charge >= 0.3 is 0 Å². The summed E-state index contributed by atoms with van der Waals surface area (Å²) in [7, 11) is 0. The van der Waals surface area contributed by atoms with Crippen LogP contribution in [0.2, 0.25) is 0 Å². The number of aromatic nitrogens is 4. The maximum absolute atomic E-state index is 13.5. The molecule has 3 heterocycles. The number of hydrogen-bond donors (Lipinski definition) is 1. The summed E-state index contributed by atoms with van der Waals surface area (Å²) < 4.78 is 2.35. The van der Waals surface area contributed by atoms with E-state index in [2.05, 4.69) is 36.2 Å². The topological polar surface area (TPSA) is 89.8 Å². The minimum absolute atomic E-state index is 0.249. The number of benzene rings is 2. The molecule has 1 N–H and O–H groups in total. The van der Waals surface area contributed by atoms with Crippen molar-refractivity contribution in [1.29, 1.82) is 0 Å². The van der Waals surface area contributed by atoms with Crippen molar-refractivity contribution in [2.24, 2.45) is 0 Å². The molecule has 1 amide bonds. The SMILES string of the molecule is O=C(Nc1cccc(-n2c(=O)c(Cc3cccnc3)nc3cccnc32)c1)c1cccc(Br)c1. The molecule has 0 saturated heterocycles. The largest absolute Gasteiger partial charge is 0.322 e. The fourth-order valence-electron chi connectivity index (χ4n) is 3.67. The molecule has 0 radical (unpaired) electrons. The highest BCUT2D eigenvalue weighted by Crippen LogP contribution is 2.20. The Morgan fingerprint density at radius 1 is 0.971 bits per heavy atom. The summed E-state index contributed by atoms with van der Waals surface area (Å²) in [5, 5.41) is 2.90. The van der Waals surface area contributed by atoms with E-state index < -0.39 is 0 Å². The summed E-state index contributed by atoms with van der Waals surface area (Å²) in [4.78, 5) is 39.4. The first-order chi connectivity index (χ1) is 16.6. The zero-order valence-electron chi connectivity index (χ0n) is 17.9. The van der Waals surface area contributed by atoms with E-state index in [9.17, 15) is 9.59 Å². The number of rotatable bonds is 5. The van der Waals surface area contributed by atoms with Crippen molar-refractivity contribution in [2.45, 2.75) is 6.42 Å². The zero-order valence-corrected chi connectivity index (χ0v) is 19.4. The third-order valence-corrected chi connectivity index (χ3v) is 5.72. The molecule has 3 aromatic heterocycles. The highest BCUT2D eigenvalue weighted by atomic mass is 79.9. The van der Waals surface area contributed by atoms with Crippen LogP contribution in [0.15, 0.2) is 101 Å². The van der Waals surface area contributed by atoms with Crippen LogP contribution in [-0.4, -0.2) is 25.4 Å². The summed E-state index contributed by atoms with van der Waals surface area (Å²) in [6, 6.07) is 21.6. The van der Waals surface area contributed by atoms with Crippen LogP contribution in [0.1, 0.15) is 21.6 Å². The number of carbonyl (C=O) groups is 1. The number of carbonyl (C=O) groups excluding carboxylic acids is 1. The van der Waals surface area contributed by atoms with Crippen LogP contribution in [0.5, 0.6) is 0 Å². The normalized spacial score (nSPS) is 10.9. The Labute approximate surface area is 203 Å². The molecular weight excluding hydrogens is 494 g/mol. The molecular formula is C26H18BrN5O2. The number of pyridine rings is 2. The quantitative estimate of drug-likeness (QED) is 0.366. The smallest absolute Gasteiger partial charge is 0.278 e. The molecule has 0 spiro atoms. The lowest BCUT2D eigenvalue weighted by atomic mass is 10.1. The van der Waals surface area contributed by atoms with Crippen molar-refractivity contribution >= 4 is 38.7 Å². The molecule has 0 aliphatic heterocycles. The van der Waals surface area contributed by atoms with E-state index in [0.29, 0.717) is 40.2 Å². The number of fused-ring (bicyclic) bond motifs is 1. The van der Waals surface area contributed by atoms with Crippen molar-refractivity contribution < 1.29 is 4.79 Å². The first kappa shape index (κ1) is 21.7. The number of anilines is 1. The van der Waals surface area contributed by atoms with Crippen molar-refractivity contribution in [2.75, 3.05) is 5.32 Å². The van der Waals surface area contributed by atoms with Crippen molar-refractivity contribution in [3.05, 3.63) is 123 Å². The third-order valence-electron chi connectivity index (χ3n) is 5.23. The lowest BCUT2D eigenvalue weighted by molar-refractivity contribution is 0.102. The van der Waals surface area contributed by atoms with E-state index in [4.69, 9.17) is 0 Å². The summed E-state index contributed by atoms with van der Waals surface area (Å²) in [5.74, 6) is -0.249. The monoisotopic (exact) mass is 511 g/mol. The maximum atomic E-state index is 13.5. The summed E-state index contributed by atoms with van der Waals surface area (Å²) in [5.41, 5.74) is 3.70. The Bertz CT molecular complexity index is 1570. The van der Waals surface area contributed by atoms with Gasteiger partial charge in [0.15, 0.2) is 5.65 Å². The molecule has 7 nitrogen and oxygen atoms in total. The van der Waals surface area contributed by atoms with Gasteiger partial charge in [-0.05, 0) is 60.2 Å². The number of halogens is 1. The van der Waals surface area contributed by atoms with E-state index >= 15 is 0 Å². The van der Waals surface area contributed by atoms with Crippen LogP contribution >= 0.6 is 15.9 Å². The lowest BCUT2D eigenvalue weighted by Gasteiger charge is -2.13. The molecule has 2 aromatic carbocycles. The van der Waals surface area contributed by atoms with E-state index in [0.717, 1.165) is 10.0 Å². The lowest BCUT2D eigenvalue weighted by Crippen LogP contribution is -2.25. The second-order valence-electron chi connectivity index (χ2n) is 7.60. The van der Waals surface area contributed by atoms with Crippen LogP contribution < -0.4 is 10.9 Å². The average Bonchev–Trinajstić information content (AvgIpc) is 2.85. The summed E-state index contributed by atoms with van der Waals surface area (Å²) in [6.45, 7) is 0. The van der Waals surface area contributed by atoms with Crippen molar-refractivity contribution in [3.8, 4) is 5.69 Å². The van der Waals surface area contributed by atoms with Gasteiger partial charge in [0.05, 0.1) is 5.69 Å². The molecule has 0 aliphatic carbocycles. The van der Waals surface area contributed by atoms with Crippen LogP contribution in [0.3, 0.4) is 0 Å².